The second-order valence-electron chi connectivity index (χ2n) is 12.3. The number of phosphoric ester groups is 3. The maximum absolute atomic E-state index is 14.4. The van der Waals surface area contributed by atoms with E-state index in [1.807, 2.05) is 0 Å². The van der Waals surface area contributed by atoms with Gasteiger partial charge in [-0.05, 0) is 77.9 Å². The molecule has 0 aromatic heterocycles. The van der Waals surface area contributed by atoms with Gasteiger partial charge < -0.3 is 14.2 Å². The fourth-order valence-electron chi connectivity index (χ4n) is 5.87. The number of carbonyl (C=O) groups is 3. The Balaban J connectivity index is 2.11. The van der Waals surface area contributed by atoms with Gasteiger partial charge >= 0.3 is 41.4 Å². The van der Waals surface area contributed by atoms with E-state index in [0.717, 1.165) is 0 Å². The van der Waals surface area contributed by atoms with Crippen LogP contribution in [0.25, 0.3) is 0 Å². The summed E-state index contributed by atoms with van der Waals surface area (Å²) in [6, 6.07) is 22.7. The number of esters is 3. The quantitative estimate of drug-likeness (QED) is 0.0469. The van der Waals surface area contributed by atoms with Crippen LogP contribution >= 0.6 is 23.5 Å². The van der Waals surface area contributed by atoms with E-state index in [9.17, 15) is 28.1 Å². The third-order valence-electron chi connectivity index (χ3n) is 8.18. The topological polar surface area (TPSA) is 213 Å². The van der Waals surface area contributed by atoms with Crippen molar-refractivity contribution in [3.63, 3.8) is 0 Å². The van der Waals surface area contributed by atoms with Gasteiger partial charge in [0.2, 0.25) is 0 Å². The normalized spacial score (nSPS) is 20.9. The standard InChI is InChI=1S/C39H51O18P3/c1-7-46-58(43,47-8-2)55-34-31(52-37(40)28-22-16-13-17-23-28)32(53-38(41)29-24-18-14-19-25-29)35(56-59(44,48-9-3)49-10-4)36(57-60(45,50-11-5)51-12-6)33(34)54-39(42)30-26-20-15-21-27-30/h13-27,31-36H,7-12H2,1-6H3/t31-,32-,33-,34+,35-,36+/m0/s1. The Morgan fingerprint density at radius 2 is 0.567 bits per heavy atom. The molecule has 0 radical (unpaired) electrons. The highest BCUT2D eigenvalue weighted by molar-refractivity contribution is 7.49. The summed E-state index contributed by atoms with van der Waals surface area (Å²) in [6.07, 6.45) is -12.4. The van der Waals surface area contributed by atoms with Crippen molar-refractivity contribution in [3.05, 3.63) is 108 Å². The molecule has 0 amide bonds. The number of rotatable bonds is 24. The van der Waals surface area contributed by atoms with Crippen LogP contribution in [0.1, 0.15) is 72.6 Å². The summed E-state index contributed by atoms with van der Waals surface area (Å²) >= 11 is 0. The number of hydrogen-bond donors (Lipinski definition) is 0. The Morgan fingerprint density at radius 1 is 0.367 bits per heavy atom. The maximum Gasteiger partial charge on any atom is 0.475 e. The van der Waals surface area contributed by atoms with Crippen LogP contribution in [0.5, 0.6) is 0 Å². The first-order chi connectivity index (χ1) is 28.8. The molecule has 0 bridgehead atoms. The van der Waals surface area contributed by atoms with E-state index in [-0.39, 0.29) is 56.3 Å². The largest absolute Gasteiger partial charge is 0.475 e. The molecule has 1 fully saturated rings. The lowest BCUT2D eigenvalue weighted by Crippen LogP contribution is -2.68. The molecule has 21 heteroatoms. The molecule has 4 rings (SSSR count). The lowest BCUT2D eigenvalue weighted by molar-refractivity contribution is -0.215. The molecule has 0 N–H and O–H groups in total. The Labute approximate surface area is 349 Å². The van der Waals surface area contributed by atoms with E-state index in [1.165, 1.54) is 77.9 Å². The van der Waals surface area contributed by atoms with Crippen molar-refractivity contribution < 1.29 is 83.0 Å². The average Bonchev–Trinajstić information content (AvgIpc) is 3.23. The van der Waals surface area contributed by atoms with Gasteiger partial charge in [0.25, 0.3) is 0 Å². The maximum atomic E-state index is 14.4. The van der Waals surface area contributed by atoms with Gasteiger partial charge in [0.1, 0.15) is 18.3 Å². The second kappa shape index (κ2) is 23.6. The van der Waals surface area contributed by atoms with Gasteiger partial charge in [0.15, 0.2) is 18.3 Å². The van der Waals surface area contributed by atoms with Crippen molar-refractivity contribution in [2.45, 2.75) is 78.2 Å². The van der Waals surface area contributed by atoms with Gasteiger partial charge in [0, 0.05) is 0 Å². The van der Waals surface area contributed by atoms with Crippen molar-refractivity contribution in [1.29, 1.82) is 0 Å². The Kier molecular flexibility index (Phi) is 19.3. The molecule has 0 aliphatic heterocycles. The highest BCUT2D eigenvalue weighted by atomic mass is 31.2. The van der Waals surface area contributed by atoms with Gasteiger partial charge in [-0.2, -0.15) is 0 Å². The zero-order valence-electron chi connectivity index (χ0n) is 34.1. The van der Waals surface area contributed by atoms with Crippen LogP contribution in [0.3, 0.4) is 0 Å². The third kappa shape index (κ3) is 13.4. The summed E-state index contributed by atoms with van der Waals surface area (Å²) in [6.45, 7) is 7.53. The van der Waals surface area contributed by atoms with Crippen molar-refractivity contribution in [3.8, 4) is 0 Å². The summed E-state index contributed by atoms with van der Waals surface area (Å²) in [5, 5.41) is 0. The first-order valence-electron chi connectivity index (χ1n) is 19.3. The third-order valence-corrected chi connectivity index (χ3v) is 13.1. The fraction of sp³-hybridized carbons (Fsp3) is 0.462. The monoisotopic (exact) mass is 900 g/mol. The van der Waals surface area contributed by atoms with E-state index >= 15 is 0 Å². The van der Waals surface area contributed by atoms with Gasteiger partial charge in [-0.15, -0.1) is 0 Å². The van der Waals surface area contributed by atoms with E-state index in [4.69, 9.17) is 54.9 Å². The summed E-state index contributed by atoms with van der Waals surface area (Å²) in [7, 11) is -14.3. The van der Waals surface area contributed by atoms with Crippen LogP contribution in [0, 0.1) is 0 Å². The lowest BCUT2D eigenvalue weighted by atomic mass is 9.84. The zero-order valence-corrected chi connectivity index (χ0v) is 36.7. The minimum Gasteiger partial charge on any atom is -0.453 e. The Morgan fingerprint density at radius 3 is 0.783 bits per heavy atom. The van der Waals surface area contributed by atoms with E-state index in [1.54, 1.807) is 54.6 Å². The fourth-order valence-corrected chi connectivity index (χ4v) is 9.97. The Hall–Kier alpha value is -3.60. The molecule has 330 valence electrons. The lowest BCUT2D eigenvalue weighted by Gasteiger charge is -2.48. The molecule has 0 spiro atoms. The SMILES string of the molecule is CCOP(=O)(OCC)O[C@@H]1[C@@H](OC(=O)c2ccccc2)[C@H](OC(=O)c2ccccc2)[C@H](OP(=O)(OCC)OCC)[C@H](OP(=O)(OCC)OCC)[C@H]1OC(=O)c1ccccc1. The minimum atomic E-state index is -4.77. The first-order valence-corrected chi connectivity index (χ1v) is 23.7. The molecule has 18 nitrogen and oxygen atoms in total. The summed E-state index contributed by atoms with van der Waals surface area (Å²) in [5.74, 6) is -3.15. The second-order valence-corrected chi connectivity index (χ2v) is 17.1. The zero-order chi connectivity index (χ0) is 43.8. The van der Waals surface area contributed by atoms with Gasteiger partial charge in [0.05, 0.1) is 56.3 Å². The van der Waals surface area contributed by atoms with Crippen LogP contribution < -0.4 is 0 Å². The number of phosphoric acid groups is 3. The molecule has 1 aliphatic rings. The highest BCUT2D eigenvalue weighted by Crippen LogP contribution is 2.59. The summed E-state index contributed by atoms with van der Waals surface area (Å²) in [5.41, 5.74) is -0.0476. The molecule has 0 saturated heterocycles. The van der Waals surface area contributed by atoms with Gasteiger partial charge in [-0.1, -0.05) is 54.6 Å². The molecular formula is C39H51O18P3. The smallest absolute Gasteiger partial charge is 0.453 e. The number of ether oxygens (including phenoxy) is 3. The molecule has 0 unspecified atom stereocenters. The van der Waals surface area contributed by atoms with Crippen molar-refractivity contribution >= 4 is 41.4 Å². The van der Waals surface area contributed by atoms with Crippen molar-refractivity contribution in [1.82, 2.24) is 0 Å². The average molecular weight is 901 g/mol. The number of carbonyl (C=O) groups excluding carboxylic acids is 3. The number of benzene rings is 3. The summed E-state index contributed by atoms with van der Waals surface area (Å²) < 4.78 is 113. The molecule has 1 aliphatic carbocycles. The molecule has 0 heterocycles. The van der Waals surface area contributed by atoms with Crippen LogP contribution in [-0.4, -0.2) is 94.2 Å². The van der Waals surface area contributed by atoms with Gasteiger partial charge in [-0.25, -0.2) is 28.1 Å². The van der Waals surface area contributed by atoms with Crippen LogP contribution in [0.2, 0.25) is 0 Å². The van der Waals surface area contributed by atoms with E-state index in [2.05, 4.69) is 0 Å². The van der Waals surface area contributed by atoms with Crippen LogP contribution in [0.15, 0.2) is 91.0 Å². The molecule has 1 saturated carbocycles. The minimum absolute atomic E-state index is 0.0117. The van der Waals surface area contributed by atoms with E-state index in [0.29, 0.717) is 0 Å². The van der Waals surface area contributed by atoms with Gasteiger partial charge in [-0.3, -0.25) is 40.7 Å². The molecule has 6 atom stereocenters. The van der Waals surface area contributed by atoms with Crippen molar-refractivity contribution in [2.75, 3.05) is 39.6 Å². The molecule has 3 aromatic carbocycles. The Bertz CT molecular complexity index is 1920. The number of hydrogen-bond acceptors (Lipinski definition) is 18. The predicted octanol–water partition coefficient (Wildman–Crippen LogP) is 8.38. The predicted molar refractivity (Wildman–Crippen MR) is 214 cm³/mol. The van der Waals surface area contributed by atoms with Crippen molar-refractivity contribution in [2.24, 2.45) is 0 Å². The summed E-state index contributed by atoms with van der Waals surface area (Å²) in [4.78, 5) is 42.3. The molecule has 3 aromatic rings. The molecule has 60 heavy (non-hydrogen) atoms. The highest BCUT2D eigenvalue weighted by Gasteiger charge is 2.63. The van der Waals surface area contributed by atoms with Crippen LogP contribution in [-0.2, 0) is 68.6 Å². The van der Waals surface area contributed by atoms with Crippen LogP contribution in [0.4, 0.5) is 0 Å². The first kappa shape index (κ1) is 49.1. The molecular weight excluding hydrogens is 849 g/mol. The van der Waals surface area contributed by atoms with E-state index < -0.39 is 78.0 Å².